The predicted molar refractivity (Wildman–Crippen MR) is 98.0 cm³/mol. The molecular weight excluding hydrogens is 347 g/mol. The highest BCUT2D eigenvalue weighted by Crippen LogP contribution is 2.32. The first-order chi connectivity index (χ1) is 11.4. The molecule has 0 atom stereocenters. The van der Waals surface area contributed by atoms with Gasteiger partial charge < -0.3 is 10.2 Å². The second-order valence-electron chi connectivity index (χ2n) is 5.37. The van der Waals surface area contributed by atoms with Crippen LogP contribution in [0.5, 0.6) is 0 Å². The Balaban J connectivity index is 2.03. The number of carbonyl (C=O) groups excluding carboxylic acids is 2. The molecule has 0 aromatic heterocycles. The largest absolute Gasteiger partial charge is 0.350 e. The molecule has 0 aliphatic rings. The van der Waals surface area contributed by atoms with E-state index in [9.17, 15) is 9.59 Å². The molecule has 0 unspecified atom stereocenters. The summed E-state index contributed by atoms with van der Waals surface area (Å²) in [4.78, 5) is 25.5. The highest BCUT2D eigenvalue weighted by Gasteiger charge is 2.16. The number of carbonyl (C=O) groups is 2. The third-order valence-corrected chi connectivity index (χ3v) is 4.31. The number of nitrogens with one attached hydrogen (secondary N) is 1. The summed E-state index contributed by atoms with van der Waals surface area (Å²) in [7, 11) is 0. The molecule has 24 heavy (non-hydrogen) atoms. The van der Waals surface area contributed by atoms with Gasteiger partial charge in [-0.15, -0.1) is 0 Å². The lowest BCUT2D eigenvalue weighted by Gasteiger charge is -2.23. The summed E-state index contributed by atoms with van der Waals surface area (Å²) in [5.41, 5.74) is 2.13. The van der Waals surface area contributed by atoms with Crippen LogP contribution in [0.1, 0.15) is 22.8 Å². The zero-order valence-electron chi connectivity index (χ0n) is 13.5. The standard InChI is InChI=1S/C18H18Cl2N2O2/c1-12-5-3-6-14(11-12)18(24)21-9-10-22(13(2)23)16-8-4-7-15(19)17(16)20/h3-8,11H,9-10H2,1-2H3,(H,21,24). The molecule has 4 nitrogen and oxygen atoms in total. The van der Waals surface area contributed by atoms with Gasteiger partial charge in [0, 0.05) is 25.6 Å². The van der Waals surface area contributed by atoms with Gasteiger partial charge in [-0.3, -0.25) is 9.59 Å². The molecule has 126 valence electrons. The highest BCUT2D eigenvalue weighted by molar-refractivity contribution is 6.44. The minimum Gasteiger partial charge on any atom is -0.350 e. The van der Waals surface area contributed by atoms with Gasteiger partial charge in [0.2, 0.25) is 5.91 Å². The average molecular weight is 365 g/mol. The maximum absolute atomic E-state index is 12.1. The average Bonchev–Trinajstić information content (AvgIpc) is 2.54. The molecule has 0 aliphatic heterocycles. The topological polar surface area (TPSA) is 49.4 Å². The van der Waals surface area contributed by atoms with Crippen LogP contribution in [0.3, 0.4) is 0 Å². The number of hydrogen-bond donors (Lipinski definition) is 1. The number of nitrogens with zero attached hydrogens (tertiary/aromatic N) is 1. The van der Waals surface area contributed by atoms with Gasteiger partial charge in [-0.2, -0.15) is 0 Å². The van der Waals surface area contributed by atoms with Gasteiger partial charge in [0.15, 0.2) is 0 Å². The summed E-state index contributed by atoms with van der Waals surface area (Å²) < 4.78 is 0. The van der Waals surface area contributed by atoms with Gasteiger partial charge >= 0.3 is 0 Å². The third kappa shape index (κ3) is 4.49. The fourth-order valence-corrected chi connectivity index (χ4v) is 2.72. The Morgan fingerprint density at radius 2 is 1.83 bits per heavy atom. The van der Waals surface area contributed by atoms with Crippen LogP contribution in [0, 0.1) is 6.92 Å². The lowest BCUT2D eigenvalue weighted by Crippen LogP contribution is -2.37. The van der Waals surface area contributed by atoms with Crippen molar-refractivity contribution in [1.82, 2.24) is 5.32 Å². The van der Waals surface area contributed by atoms with Crippen LogP contribution >= 0.6 is 23.2 Å². The van der Waals surface area contributed by atoms with E-state index in [2.05, 4.69) is 5.32 Å². The van der Waals surface area contributed by atoms with Crippen LogP contribution in [0.2, 0.25) is 10.0 Å². The Labute approximate surface area is 151 Å². The van der Waals surface area contributed by atoms with Crippen molar-refractivity contribution in [2.75, 3.05) is 18.0 Å². The van der Waals surface area contributed by atoms with Crippen molar-refractivity contribution in [3.63, 3.8) is 0 Å². The van der Waals surface area contributed by atoms with Crippen LogP contribution < -0.4 is 10.2 Å². The number of rotatable bonds is 5. The summed E-state index contributed by atoms with van der Waals surface area (Å²) in [6.45, 7) is 3.97. The van der Waals surface area contributed by atoms with Crippen molar-refractivity contribution in [1.29, 1.82) is 0 Å². The van der Waals surface area contributed by atoms with E-state index in [4.69, 9.17) is 23.2 Å². The van der Waals surface area contributed by atoms with E-state index >= 15 is 0 Å². The van der Waals surface area contributed by atoms with Crippen molar-refractivity contribution in [2.24, 2.45) is 0 Å². The first-order valence-corrected chi connectivity index (χ1v) is 8.22. The Morgan fingerprint density at radius 1 is 1.12 bits per heavy atom. The highest BCUT2D eigenvalue weighted by atomic mass is 35.5. The SMILES string of the molecule is CC(=O)N(CCNC(=O)c1cccc(C)c1)c1cccc(Cl)c1Cl. The Morgan fingerprint density at radius 3 is 2.50 bits per heavy atom. The zero-order valence-corrected chi connectivity index (χ0v) is 15.0. The maximum atomic E-state index is 12.1. The van der Waals surface area contributed by atoms with Crippen molar-refractivity contribution < 1.29 is 9.59 Å². The maximum Gasteiger partial charge on any atom is 0.251 e. The van der Waals surface area contributed by atoms with Crippen LogP contribution in [-0.2, 0) is 4.79 Å². The normalized spacial score (nSPS) is 10.3. The van der Waals surface area contributed by atoms with E-state index in [1.54, 1.807) is 24.3 Å². The smallest absolute Gasteiger partial charge is 0.251 e. The summed E-state index contributed by atoms with van der Waals surface area (Å²) in [6.07, 6.45) is 0. The molecule has 0 heterocycles. The minimum absolute atomic E-state index is 0.177. The second kappa shape index (κ2) is 8.18. The summed E-state index contributed by atoms with van der Waals surface area (Å²) in [5, 5.41) is 3.50. The zero-order chi connectivity index (χ0) is 17.7. The molecule has 0 saturated carbocycles. The predicted octanol–water partition coefficient (Wildman–Crippen LogP) is 4.08. The molecule has 1 N–H and O–H groups in total. The Kier molecular flexibility index (Phi) is 6.23. The Bertz CT molecular complexity index is 762. The van der Waals surface area contributed by atoms with Crippen molar-refractivity contribution in [2.45, 2.75) is 13.8 Å². The number of benzene rings is 2. The fraction of sp³-hybridized carbons (Fsp3) is 0.222. The number of halogens is 2. The molecule has 2 rings (SSSR count). The monoisotopic (exact) mass is 364 g/mol. The second-order valence-corrected chi connectivity index (χ2v) is 6.15. The van der Waals surface area contributed by atoms with Crippen LogP contribution in [-0.4, -0.2) is 24.9 Å². The molecule has 0 radical (unpaired) electrons. The van der Waals surface area contributed by atoms with Gasteiger partial charge in [-0.05, 0) is 31.2 Å². The molecule has 0 aliphatic carbocycles. The lowest BCUT2D eigenvalue weighted by molar-refractivity contribution is -0.116. The van der Waals surface area contributed by atoms with E-state index < -0.39 is 0 Å². The van der Waals surface area contributed by atoms with Gasteiger partial charge in [0.25, 0.3) is 5.91 Å². The van der Waals surface area contributed by atoms with E-state index in [0.29, 0.717) is 34.4 Å². The quantitative estimate of drug-likeness (QED) is 0.868. The van der Waals surface area contributed by atoms with Crippen molar-refractivity contribution in [3.8, 4) is 0 Å². The van der Waals surface area contributed by atoms with E-state index in [-0.39, 0.29) is 11.8 Å². The molecule has 0 bridgehead atoms. The van der Waals surface area contributed by atoms with Gasteiger partial charge in [0.1, 0.15) is 0 Å². The van der Waals surface area contributed by atoms with E-state index in [1.165, 1.54) is 11.8 Å². The van der Waals surface area contributed by atoms with E-state index in [1.807, 2.05) is 25.1 Å². The first-order valence-electron chi connectivity index (χ1n) is 7.47. The minimum atomic E-state index is -0.181. The third-order valence-electron chi connectivity index (χ3n) is 3.50. The summed E-state index contributed by atoms with van der Waals surface area (Å²) >= 11 is 12.2. The van der Waals surface area contributed by atoms with Crippen LogP contribution in [0.25, 0.3) is 0 Å². The number of amides is 2. The van der Waals surface area contributed by atoms with E-state index in [0.717, 1.165) is 5.56 Å². The molecular formula is C18H18Cl2N2O2. The fourth-order valence-electron chi connectivity index (χ4n) is 2.32. The Hall–Kier alpha value is -2.04. The van der Waals surface area contributed by atoms with Crippen molar-refractivity contribution in [3.05, 3.63) is 63.6 Å². The van der Waals surface area contributed by atoms with Crippen LogP contribution in [0.4, 0.5) is 5.69 Å². The number of anilines is 1. The van der Waals surface area contributed by atoms with Gasteiger partial charge in [-0.25, -0.2) is 0 Å². The van der Waals surface area contributed by atoms with Crippen LogP contribution in [0.15, 0.2) is 42.5 Å². The lowest BCUT2D eigenvalue weighted by atomic mass is 10.1. The summed E-state index contributed by atoms with van der Waals surface area (Å²) in [6, 6.07) is 12.4. The molecule has 2 amide bonds. The number of aryl methyl sites for hydroxylation is 1. The first kappa shape index (κ1) is 18.3. The summed E-state index contributed by atoms with van der Waals surface area (Å²) in [5.74, 6) is -0.358. The molecule has 0 fully saturated rings. The van der Waals surface area contributed by atoms with Gasteiger partial charge in [-0.1, -0.05) is 47.0 Å². The molecule has 0 saturated heterocycles. The van der Waals surface area contributed by atoms with Gasteiger partial charge in [0.05, 0.1) is 15.7 Å². The van der Waals surface area contributed by atoms with Crippen molar-refractivity contribution >= 4 is 40.7 Å². The molecule has 2 aromatic rings. The molecule has 0 spiro atoms. The number of hydrogen-bond acceptors (Lipinski definition) is 2. The molecule has 6 heteroatoms. The molecule has 2 aromatic carbocycles.